The zero-order valence-electron chi connectivity index (χ0n) is 22.5. The summed E-state index contributed by atoms with van der Waals surface area (Å²) < 4.78 is 13.1. The van der Waals surface area contributed by atoms with Gasteiger partial charge in [-0.05, 0) is 108 Å². The van der Waals surface area contributed by atoms with E-state index in [4.69, 9.17) is 26.1 Å². The summed E-state index contributed by atoms with van der Waals surface area (Å²) in [7, 11) is 0. The van der Waals surface area contributed by atoms with Crippen molar-refractivity contribution in [2.45, 2.75) is 89.8 Å². The highest BCUT2D eigenvalue weighted by Crippen LogP contribution is 2.40. The van der Waals surface area contributed by atoms with E-state index in [1.807, 2.05) is 48.2 Å². The maximum absolute atomic E-state index is 13.8. The summed E-state index contributed by atoms with van der Waals surface area (Å²) in [6.07, 6.45) is 13.8. The second-order valence-electron chi connectivity index (χ2n) is 10.5. The van der Waals surface area contributed by atoms with Crippen LogP contribution in [0.4, 0.5) is 0 Å². The summed E-state index contributed by atoms with van der Waals surface area (Å²) in [5.74, 6) is 1.49. The molecule has 2 saturated carbocycles. The first-order valence-electron chi connectivity index (χ1n) is 14.2. The second kappa shape index (κ2) is 13.8. The minimum absolute atomic E-state index is 0.0949. The molecule has 0 radical (unpaired) electrons. The van der Waals surface area contributed by atoms with Crippen molar-refractivity contribution in [3.63, 3.8) is 0 Å². The van der Waals surface area contributed by atoms with E-state index >= 15 is 0 Å². The number of halogens is 2. The molecule has 0 atom stereocenters. The van der Waals surface area contributed by atoms with Crippen LogP contribution in [0, 0.1) is 3.57 Å². The van der Waals surface area contributed by atoms with Crippen LogP contribution >= 0.6 is 46.0 Å². The number of rotatable bonds is 8. The van der Waals surface area contributed by atoms with Gasteiger partial charge in [0, 0.05) is 11.1 Å². The molecule has 0 N–H and O–H groups in total. The van der Waals surface area contributed by atoms with Crippen molar-refractivity contribution in [1.29, 1.82) is 0 Å². The third-order valence-electron chi connectivity index (χ3n) is 7.57. The average Bonchev–Trinajstić information content (AvgIpc) is 3.24. The molecule has 5 nitrogen and oxygen atoms in total. The van der Waals surface area contributed by atoms with Crippen LogP contribution < -0.4 is 9.47 Å². The molecule has 2 aliphatic carbocycles. The summed E-state index contributed by atoms with van der Waals surface area (Å²) in [5, 5.41) is 1.61. The summed E-state index contributed by atoms with van der Waals surface area (Å²) in [5.41, 5.74) is 1.96. The lowest BCUT2D eigenvalue weighted by molar-refractivity contribution is -0.124. The summed E-state index contributed by atoms with van der Waals surface area (Å²) in [6, 6.07) is 12.3. The number of nitrogens with zero attached hydrogens (tertiary/aromatic N) is 2. The molecule has 1 saturated heterocycles. The maximum Gasteiger partial charge on any atom is 0.266 e. The molecule has 0 spiro atoms. The van der Waals surface area contributed by atoms with E-state index in [-0.39, 0.29) is 11.9 Å². The lowest BCUT2D eigenvalue weighted by Crippen LogP contribution is -2.41. The van der Waals surface area contributed by atoms with Crippen LogP contribution in [-0.2, 0) is 11.4 Å². The smallest absolute Gasteiger partial charge is 0.266 e. The number of amidine groups is 1. The van der Waals surface area contributed by atoms with Gasteiger partial charge in [0.15, 0.2) is 16.7 Å². The van der Waals surface area contributed by atoms with Crippen molar-refractivity contribution < 1.29 is 14.3 Å². The first-order chi connectivity index (χ1) is 19.0. The van der Waals surface area contributed by atoms with Gasteiger partial charge in [0.05, 0.1) is 21.1 Å². The minimum Gasteiger partial charge on any atom is -0.490 e. The molecule has 2 aromatic carbocycles. The molecule has 3 fully saturated rings. The number of amides is 1. The summed E-state index contributed by atoms with van der Waals surface area (Å²) in [6.45, 7) is 2.90. The molecule has 208 valence electrons. The first-order valence-corrected chi connectivity index (χ1v) is 16.4. The number of carbonyl (C=O) groups excluding carboxylic acids is 1. The third-order valence-corrected chi connectivity index (χ3v) is 9.62. The van der Waals surface area contributed by atoms with Crippen molar-refractivity contribution in [2.75, 3.05) is 6.61 Å². The lowest BCUT2D eigenvalue weighted by Gasteiger charge is -2.31. The molecule has 1 heterocycles. The molecule has 3 aliphatic rings. The zero-order chi connectivity index (χ0) is 27.2. The highest BCUT2D eigenvalue weighted by atomic mass is 127. The number of ether oxygens (including phenoxy) is 2. The Morgan fingerprint density at radius 2 is 1.72 bits per heavy atom. The second-order valence-corrected chi connectivity index (χ2v) is 13.1. The Morgan fingerprint density at radius 1 is 1.03 bits per heavy atom. The number of hydrogen-bond donors (Lipinski definition) is 0. The Morgan fingerprint density at radius 3 is 2.41 bits per heavy atom. The van der Waals surface area contributed by atoms with E-state index in [0.717, 1.165) is 50.5 Å². The van der Waals surface area contributed by atoms with Crippen LogP contribution in [0.25, 0.3) is 6.08 Å². The topological polar surface area (TPSA) is 51.1 Å². The van der Waals surface area contributed by atoms with E-state index in [2.05, 4.69) is 28.7 Å². The fourth-order valence-electron chi connectivity index (χ4n) is 5.57. The highest BCUT2D eigenvalue weighted by molar-refractivity contribution is 14.1. The van der Waals surface area contributed by atoms with Crippen LogP contribution in [0.3, 0.4) is 0 Å². The fraction of sp³-hybridized carbons (Fsp3) is 0.484. The third kappa shape index (κ3) is 7.33. The van der Waals surface area contributed by atoms with Crippen LogP contribution in [0.15, 0.2) is 46.3 Å². The van der Waals surface area contributed by atoms with Crippen molar-refractivity contribution >= 4 is 63.1 Å². The Bertz CT molecular complexity index is 1220. The first kappa shape index (κ1) is 28.8. The van der Waals surface area contributed by atoms with Gasteiger partial charge in [-0.15, -0.1) is 0 Å². The van der Waals surface area contributed by atoms with E-state index in [0.29, 0.717) is 35.8 Å². The Hall–Kier alpha value is -1.71. The number of thioether (sulfide) groups is 1. The molecule has 8 heteroatoms. The largest absolute Gasteiger partial charge is 0.490 e. The quantitative estimate of drug-likeness (QED) is 0.207. The molecule has 0 aromatic heterocycles. The standard InChI is InChI=1S/C31H36ClIN2O3S/c1-2-37-27-18-22(17-26(33)29(27)38-20-21-13-15-23(32)16-14-21)19-28-30(36)35(25-11-7-4-8-12-25)31(39-28)34-24-9-5-3-6-10-24/h13-19,24-25H,2-12,20H2,1H3. The highest BCUT2D eigenvalue weighted by Gasteiger charge is 2.39. The molecule has 1 amide bonds. The van der Waals surface area contributed by atoms with Gasteiger partial charge in [-0.3, -0.25) is 14.7 Å². The van der Waals surface area contributed by atoms with Gasteiger partial charge in [-0.1, -0.05) is 62.3 Å². The average molecular weight is 679 g/mol. The predicted octanol–water partition coefficient (Wildman–Crippen LogP) is 8.86. The van der Waals surface area contributed by atoms with Gasteiger partial charge in [0.25, 0.3) is 5.91 Å². The van der Waals surface area contributed by atoms with Crippen molar-refractivity contribution in [2.24, 2.45) is 4.99 Å². The molecule has 39 heavy (non-hydrogen) atoms. The van der Waals surface area contributed by atoms with Gasteiger partial charge < -0.3 is 9.47 Å². The molecular formula is C31H36ClIN2O3S. The molecular weight excluding hydrogens is 643 g/mol. The van der Waals surface area contributed by atoms with Crippen LogP contribution in [0.1, 0.15) is 82.3 Å². The zero-order valence-corrected chi connectivity index (χ0v) is 26.2. The lowest BCUT2D eigenvalue weighted by atomic mass is 9.94. The fourth-order valence-corrected chi connectivity index (χ4v) is 7.58. The van der Waals surface area contributed by atoms with E-state index in [1.54, 1.807) is 11.8 Å². The molecule has 2 aromatic rings. The van der Waals surface area contributed by atoms with Crippen molar-refractivity contribution in [3.05, 3.63) is 61.0 Å². The Labute approximate surface area is 254 Å². The summed E-state index contributed by atoms with van der Waals surface area (Å²) >= 11 is 9.86. The van der Waals surface area contributed by atoms with E-state index in [9.17, 15) is 4.79 Å². The van der Waals surface area contributed by atoms with Gasteiger partial charge >= 0.3 is 0 Å². The van der Waals surface area contributed by atoms with Crippen molar-refractivity contribution in [3.8, 4) is 11.5 Å². The number of hydrogen-bond acceptors (Lipinski definition) is 5. The minimum atomic E-state index is 0.0949. The molecule has 0 unspecified atom stereocenters. The van der Waals surface area contributed by atoms with Crippen LogP contribution in [0.2, 0.25) is 5.02 Å². The number of benzene rings is 2. The Kier molecular flexibility index (Phi) is 10.2. The Balaban J connectivity index is 1.41. The van der Waals surface area contributed by atoms with Crippen LogP contribution in [0.5, 0.6) is 11.5 Å². The SMILES string of the molecule is CCOc1cc(C=C2SC(=NC3CCCCC3)N(C3CCCCC3)C2=O)cc(I)c1OCc1ccc(Cl)cc1. The molecule has 1 aliphatic heterocycles. The molecule has 5 rings (SSSR count). The number of aliphatic imine (C=N–C) groups is 1. The van der Waals surface area contributed by atoms with Gasteiger partial charge in [-0.25, -0.2) is 0 Å². The van der Waals surface area contributed by atoms with E-state index in [1.165, 1.54) is 38.5 Å². The summed E-state index contributed by atoms with van der Waals surface area (Å²) in [4.78, 5) is 21.7. The van der Waals surface area contributed by atoms with Gasteiger partial charge in [-0.2, -0.15) is 0 Å². The van der Waals surface area contributed by atoms with Crippen molar-refractivity contribution in [1.82, 2.24) is 4.90 Å². The van der Waals surface area contributed by atoms with Crippen LogP contribution in [-0.4, -0.2) is 34.7 Å². The molecule has 0 bridgehead atoms. The number of carbonyl (C=O) groups is 1. The van der Waals surface area contributed by atoms with Gasteiger partial charge in [0.1, 0.15) is 6.61 Å². The predicted molar refractivity (Wildman–Crippen MR) is 170 cm³/mol. The maximum atomic E-state index is 13.8. The van der Waals surface area contributed by atoms with Gasteiger partial charge in [0.2, 0.25) is 0 Å². The monoisotopic (exact) mass is 678 g/mol. The van der Waals surface area contributed by atoms with E-state index < -0.39 is 0 Å². The normalized spacial score (nSPS) is 21.2.